The first-order valence-electron chi connectivity index (χ1n) is 7.06. The Morgan fingerprint density at radius 3 is 1.72 bits per heavy atom. The van der Waals surface area contributed by atoms with Gasteiger partial charge in [-0.15, -0.1) is 0 Å². The fourth-order valence-electron chi connectivity index (χ4n) is 1.91. The number of nitrogens with one attached hydrogen (secondary N) is 1. The highest BCUT2D eigenvalue weighted by atomic mass is 32.2. The molecular weight excluding hydrogens is 250 g/mol. The van der Waals surface area contributed by atoms with Crippen molar-refractivity contribution in [2.45, 2.75) is 71.1 Å². The van der Waals surface area contributed by atoms with E-state index in [1.165, 1.54) is 44.9 Å². The van der Waals surface area contributed by atoms with Crippen molar-refractivity contribution in [2.24, 2.45) is 0 Å². The highest BCUT2D eigenvalue weighted by Crippen LogP contribution is 2.10. The molecule has 0 saturated heterocycles. The van der Waals surface area contributed by atoms with Crippen LogP contribution in [0.1, 0.15) is 71.1 Å². The summed E-state index contributed by atoms with van der Waals surface area (Å²) < 4.78 is 24.1. The summed E-state index contributed by atoms with van der Waals surface area (Å²) in [4.78, 5) is 10.0. The standard InChI is InChI=1S/C13H27NO3S/c1-2-3-4-5-6-7-8-9-10-11-12-18(16,17)14-13-15/h13H,2-12H2,1H3,(H,14,15). The van der Waals surface area contributed by atoms with E-state index in [2.05, 4.69) is 6.92 Å². The molecule has 1 N–H and O–H groups in total. The predicted molar refractivity (Wildman–Crippen MR) is 74.8 cm³/mol. The smallest absolute Gasteiger partial charge is 0.234 e. The summed E-state index contributed by atoms with van der Waals surface area (Å²) >= 11 is 0. The number of sulfonamides is 1. The minimum absolute atomic E-state index is 0.0578. The van der Waals surface area contributed by atoms with E-state index < -0.39 is 10.0 Å². The average Bonchev–Trinajstić information content (AvgIpc) is 2.31. The largest absolute Gasteiger partial charge is 0.278 e. The Hall–Kier alpha value is -0.580. The van der Waals surface area contributed by atoms with E-state index in [4.69, 9.17) is 0 Å². The lowest BCUT2D eigenvalue weighted by atomic mass is 10.1. The Balaban J connectivity index is 3.23. The maximum absolute atomic E-state index is 11.1. The van der Waals surface area contributed by atoms with Crippen molar-refractivity contribution in [1.82, 2.24) is 4.72 Å². The van der Waals surface area contributed by atoms with Crippen molar-refractivity contribution in [3.8, 4) is 0 Å². The normalized spacial score (nSPS) is 11.4. The van der Waals surface area contributed by atoms with Gasteiger partial charge in [-0.2, -0.15) is 0 Å². The van der Waals surface area contributed by atoms with Crippen LogP contribution in [-0.4, -0.2) is 20.6 Å². The minimum Gasteiger partial charge on any atom is -0.278 e. The van der Waals surface area contributed by atoms with Gasteiger partial charge in [-0.25, -0.2) is 8.42 Å². The number of amides is 1. The van der Waals surface area contributed by atoms with Crippen LogP contribution in [0.5, 0.6) is 0 Å². The molecule has 0 aliphatic rings. The number of carbonyl (C=O) groups is 1. The topological polar surface area (TPSA) is 63.2 Å². The van der Waals surface area contributed by atoms with Crippen LogP contribution in [0, 0.1) is 0 Å². The monoisotopic (exact) mass is 277 g/mol. The molecule has 0 spiro atoms. The predicted octanol–water partition coefficient (Wildman–Crippen LogP) is 2.98. The summed E-state index contributed by atoms with van der Waals surface area (Å²) in [6, 6.07) is 0. The van der Waals surface area contributed by atoms with Gasteiger partial charge in [0.2, 0.25) is 16.4 Å². The van der Waals surface area contributed by atoms with Crippen molar-refractivity contribution in [2.75, 3.05) is 5.75 Å². The molecule has 4 nitrogen and oxygen atoms in total. The number of hydrogen-bond donors (Lipinski definition) is 1. The molecule has 18 heavy (non-hydrogen) atoms. The quantitative estimate of drug-likeness (QED) is 0.416. The van der Waals surface area contributed by atoms with Gasteiger partial charge < -0.3 is 0 Å². The first kappa shape index (κ1) is 17.4. The van der Waals surface area contributed by atoms with E-state index >= 15 is 0 Å². The van der Waals surface area contributed by atoms with E-state index in [1.807, 2.05) is 4.72 Å². The van der Waals surface area contributed by atoms with Crippen molar-refractivity contribution < 1.29 is 13.2 Å². The number of rotatable bonds is 13. The Bertz CT molecular complexity index is 289. The molecular formula is C13H27NO3S. The maximum atomic E-state index is 11.1. The van der Waals surface area contributed by atoms with Crippen LogP contribution in [-0.2, 0) is 14.8 Å². The van der Waals surface area contributed by atoms with Crippen molar-refractivity contribution in [3.05, 3.63) is 0 Å². The van der Waals surface area contributed by atoms with Gasteiger partial charge in [0, 0.05) is 0 Å². The highest BCUT2D eigenvalue weighted by molar-refractivity contribution is 7.89. The average molecular weight is 277 g/mol. The number of carbonyl (C=O) groups excluding carboxylic acids is 1. The van der Waals surface area contributed by atoms with E-state index in [-0.39, 0.29) is 12.2 Å². The second-order valence-electron chi connectivity index (χ2n) is 4.74. The van der Waals surface area contributed by atoms with Gasteiger partial charge >= 0.3 is 0 Å². The zero-order chi connectivity index (χ0) is 13.7. The number of hydrogen-bond acceptors (Lipinski definition) is 3. The molecule has 0 aliphatic heterocycles. The molecule has 0 rings (SSSR count). The zero-order valence-corrected chi connectivity index (χ0v) is 12.3. The molecule has 0 unspecified atom stereocenters. The number of unbranched alkanes of at least 4 members (excludes halogenated alkanes) is 9. The molecule has 0 bridgehead atoms. The molecule has 0 saturated carbocycles. The van der Waals surface area contributed by atoms with Gasteiger partial charge in [0.1, 0.15) is 0 Å². The van der Waals surface area contributed by atoms with Crippen LogP contribution in [0.15, 0.2) is 0 Å². The summed E-state index contributed by atoms with van der Waals surface area (Å²) in [6.07, 6.45) is 11.9. The van der Waals surface area contributed by atoms with Crippen LogP contribution in [0.4, 0.5) is 0 Å². The third-order valence-electron chi connectivity index (χ3n) is 2.99. The fraction of sp³-hybridized carbons (Fsp3) is 0.923. The van der Waals surface area contributed by atoms with Gasteiger partial charge in [-0.05, 0) is 6.42 Å². The molecule has 108 valence electrons. The summed E-state index contributed by atoms with van der Waals surface area (Å²) in [5.41, 5.74) is 0. The molecule has 0 aromatic heterocycles. The van der Waals surface area contributed by atoms with E-state index in [0.29, 0.717) is 6.42 Å². The van der Waals surface area contributed by atoms with Crippen molar-refractivity contribution in [3.63, 3.8) is 0 Å². The third kappa shape index (κ3) is 11.9. The second kappa shape index (κ2) is 11.5. The Kier molecular flexibility index (Phi) is 11.1. The summed E-state index contributed by atoms with van der Waals surface area (Å²) in [5, 5.41) is 0. The van der Waals surface area contributed by atoms with Gasteiger partial charge in [-0.3, -0.25) is 9.52 Å². The molecule has 0 fully saturated rings. The molecule has 0 aromatic rings. The van der Waals surface area contributed by atoms with Crippen LogP contribution in [0.25, 0.3) is 0 Å². The molecule has 0 atom stereocenters. The van der Waals surface area contributed by atoms with Gasteiger partial charge in [0.05, 0.1) is 5.75 Å². The van der Waals surface area contributed by atoms with Crippen LogP contribution in [0.2, 0.25) is 0 Å². The molecule has 0 aromatic carbocycles. The van der Waals surface area contributed by atoms with Gasteiger partial charge in [0.15, 0.2) is 0 Å². The first-order chi connectivity index (χ1) is 8.62. The third-order valence-corrected chi connectivity index (χ3v) is 4.28. The summed E-state index contributed by atoms with van der Waals surface area (Å²) in [5.74, 6) is 0.0578. The summed E-state index contributed by atoms with van der Waals surface area (Å²) in [6.45, 7) is 2.22. The minimum atomic E-state index is -3.36. The second-order valence-corrected chi connectivity index (χ2v) is 6.61. The SMILES string of the molecule is CCCCCCCCCCCCS(=O)(=O)NC=O. The molecule has 1 amide bonds. The lowest BCUT2D eigenvalue weighted by Gasteiger charge is -2.03. The zero-order valence-electron chi connectivity index (χ0n) is 11.5. The first-order valence-corrected chi connectivity index (χ1v) is 8.71. The Labute approximate surface area is 112 Å². The summed E-state index contributed by atoms with van der Waals surface area (Å²) in [7, 11) is -3.36. The van der Waals surface area contributed by atoms with Gasteiger partial charge in [0.25, 0.3) is 0 Å². The van der Waals surface area contributed by atoms with Crippen molar-refractivity contribution in [1.29, 1.82) is 0 Å². The fourth-order valence-corrected chi connectivity index (χ4v) is 2.76. The van der Waals surface area contributed by atoms with Crippen LogP contribution >= 0.6 is 0 Å². The van der Waals surface area contributed by atoms with Crippen LogP contribution in [0.3, 0.4) is 0 Å². The van der Waals surface area contributed by atoms with Gasteiger partial charge in [-0.1, -0.05) is 64.7 Å². The lowest BCUT2D eigenvalue weighted by molar-refractivity contribution is -0.108. The molecule has 0 aliphatic carbocycles. The van der Waals surface area contributed by atoms with Crippen LogP contribution < -0.4 is 4.72 Å². The van der Waals surface area contributed by atoms with E-state index in [1.54, 1.807) is 0 Å². The Morgan fingerprint density at radius 2 is 1.28 bits per heavy atom. The highest BCUT2D eigenvalue weighted by Gasteiger charge is 2.06. The van der Waals surface area contributed by atoms with E-state index in [9.17, 15) is 13.2 Å². The van der Waals surface area contributed by atoms with Crippen molar-refractivity contribution >= 4 is 16.4 Å². The molecule has 0 heterocycles. The van der Waals surface area contributed by atoms with E-state index in [0.717, 1.165) is 12.8 Å². The lowest BCUT2D eigenvalue weighted by Crippen LogP contribution is -2.24. The molecule has 5 heteroatoms. The maximum Gasteiger partial charge on any atom is 0.234 e. The molecule has 0 radical (unpaired) electrons. The Morgan fingerprint density at radius 1 is 0.833 bits per heavy atom.